The first-order chi connectivity index (χ1) is 13.5. The van der Waals surface area contributed by atoms with Gasteiger partial charge in [0.05, 0.1) is 26.5 Å². The topological polar surface area (TPSA) is 83.8 Å². The summed E-state index contributed by atoms with van der Waals surface area (Å²) in [6.45, 7) is 0.240. The molecule has 2 aliphatic heterocycles. The van der Waals surface area contributed by atoms with Crippen LogP contribution in [-0.4, -0.2) is 43.1 Å². The minimum absolute atomic E-state index is 0.240. The summed E-state index contributed by atoms with van der Waals surface area (Å²) in [6.07, 6.45) is 0. The minimum Gasteiger partial charge on any atom is -0.493 e. The van der Waals surface area contributed by atoms with Crippen LogP contribution in [0.1, 0.15) is 5.56 Å². The molecular weight excluding hydrogens is 367 g/mol. The van der Waals surface area contributed by atoms with Crippen LogP contribution in [0, 0.1) is 5.82 Å². The van der Waals surface area contributed by atoms with Crippen molar-refractivity contribution in [1.29, 1.82) is 0 Å². The van der Waals surface area contributed by atoms with Crippen LogP contribution < -0.4 is 14.4 Å². The molecule has 0 N–H and O–H groups in total. The van der Waals surface area contributed by atoms with Gasteiger partial charge in [-0.25, -0.2) is 9.29 Å². The molecule has 4 rings (SSSR count). The number of hydrogen-bond donors (Lipinski definition) is 0. The average molecular weight is 384 g/mol. The van der Waals surface area contributed by atoms with Crippen LogP contribution in [0.25, 0.3) is 0 Å². The molecule has 0 radical (unpaired) electrons. The van der Waals surface area contributed by atoms with Crippen LogP contribution >= 0.6 is 0 Å². The Labute approximate surface area is 160 Å². The number of hydrogen-bond acceptors (Lipinski definition) is 7. The van der Waals surface area contributed by atoms with Gasteiger partial charge < -0.3 is 9.47 Å². The van der Waals surface area contributed by atoms with E-state index in [1.165, 1.54) is 31.4 Å². The molecule has 28 heavy (non-hydrogen) atoms. The van der Waals surface area contributed by atoms with E-state index in [-0.39, 0.29) is 12.4 Å². The number of rotatable bonds is 5. The molecule has 2 heterocycles. The number of halogens is 1. The van der Waals surface area contributed by atoms with Gasteiger partial charge in [-0.15, -0.1) is 0 Å². The molecule has 1 fully saturated rings. The summed E-state index contributed by atoms with van der Waals surface area (Å²) >= 11 is 0. The summed E-state index contributed by atoms with van der Waals surface area (Å²) in [5.74, 6) is -0.330. The SMILES string of the molecule is COc1ccc(N2C(=O)[C@@H]3[C@@H](N=NN3Cc3ccc(F)cc3)C2=O)cc1OC. The van der Waals surface area contributed by atoms with Crippen molar-refractivity contribution in [1.82, 2.24) is 5.01 Å². The van der Waals surface area contributed by atoms with Crippen molar-refractivity contribution in [2.75, 3.05) is 19.1 Å². The standard InChI is InChI=1S/C19H17FN4O4/c1-27-14-8-7-13(9-15(14)28-2)24-18(25)16-17(19(24)26)23(22-21-16)10-11-3-5-12(20)6-4-11/h3-9,16-17H,10H2,1-2H3/t16-,17+/m1/s1. The monoisotopic (exact) mass is 384 g/mol. The number of carbonyl (C=O) groups is 2. The second-order valence-electron chi connectivity index (χ2n) is 6.37. The van der Waals surface area contributed by atoms with Crippen molar-refractivity contribution in [3.8, 4) is 11.5 Å². The second kappa shape index (κ2) is 6.91. The molecule has 2 atom stereocenters. The van der Waals surface area contributed by atoms with Gasteiger partial charge in [-0.3, -0.25) is 14.6 Å². The maximum absolute atomic E-state index is 13.1. The number of anilines is 1. The van der Waals surface area contributed by atoms with Crippen LogP contribution in [0.4, 0.5) is 10.1 Å². The van der Waals surface area contributed by atoms with E-state index >= 15 is 0 Å². The quantitative estimate of drug-likeness (QED) is 0.739. The Kier molecular flexibility index (Phi) is 4.42. The maximum Gasteiger partial charge on any atom is 0.263 e. The fraction of sp³-hybridized carbons (Fsp3) is 0.263. The molecule has 1 saturated heterocycles. The van der Waals surface area contributed by atoms with Crippen LogP contribution in [0.3, 0.4) is 0 Å². The lowest BCUT2D eigenvalue weighted by molar-refractivity contribution is -0.123. The van der Waals surface area contributed by atoms with E-state index in [4.69, 9.17) is 9.47 Å². The molecule has 2 amide bonds. The largest absolute Gasteiger partial charge is 0.493 e. The van der Waals surface area contributed by atoms with Crippen LogP contribution in [0.2, 0.25) is 0 Å². The van der Waals surface area contributed by atoms with Gasteiger partial charge in [0.25, 0.3) is 11.8 Å². The Morgan fingerprint density at radius 2 is 1.71 bits per heavy atom. The van der Waals surface area contributed by atoms with Gasteiger partial charge in [0.15, 0.2) is 23.6 Å². The molecule has 0 aromatic heterocycles. The van der Waals surface area contributed by atoms with Crippen LogP contribution in [0.15, 0.2) is 52.8 Å². The Balaban J connectivity index is 1.60. The Morgan fingerprint density at radius 3 is 2.39 bits per heavy atom. The lowest BCUT2D eigenvalue weighted by atomic mass is 10.1. The number of carbonyl (C=O) groups excluding carboxylic acids is 2. The van der Waals surface area contributed by atoms with Crippen LogP contribution in [0.5, 0.6) is 11.5 Å². The summed E-state index contributed by atoms with van der Waals surface area (Å²) in [4.78, 5) is 26.9. The first-order valence-corrected chi connectivity index (χ1v) is 8.55. The highest BCUT2D eigenvalue weighted by Crippen LogP contribution is 2.36. The lowest BCUT2D eigenvalue weighted by Crippen LogP contribution is -2.39. The highest BCUT2D eigenvalue weighted by atomic mass is 19.1. The second-order valence-corrected chi connectivity index (χ2v) is 6.37. The van der Waals surface area contributed by atoms with Gasteiger partial charge in [-0.05, 0) is 29.8 Å². The molecular formula is C19H17FN4O4. The normalized spacial score (nSPS) is 20.7. The van der Waals surface area contributed by atoms with E-state index in [0.29, 0.717) is 17.2 Å². The number of nitrogens with zero attached hydrogens (tertiary/aromatic N) is 4. The number of fused-ring (bicyclic) bond motifs is 1. The van der Waals surface area contributed by atoms with E-state index in [1.54, 1.807) is 30.3 Å². The molecule has 8 nitrogen and oxygen atoms in total. The summed E-state index contributed by atoms with van der Waals surface area (Å²) in [5, 5.41) is 9.42. The Morgan fingerprint density at radius 1 is 1.00 bits per heavy atom. The summed E-state index contributed by atoms with van der Waals surface area (Å²) in [7, 11) is 2.98. The first kappa shape index (κ1) is 17.9. The van der Waals surface area contributed by atoms with E-state index < -0.39 is 23.9 Å². The van der Waals surface area contributed by atoms with Crippen molar-refractivity contribution in [2.45, 2.75) is 18.6 Å². The molecule has 144 valence electrons. The summed E-state index contributed by atoms with van der Waals surface area (Å²) in [5.41, 5.74) is 1.13. The van der Waals surface area contributed by atoms with Gasteiger partial charge in [0.1, 0.15) is 5.82 Å². The van der Waals surface area contributed by atoms with Gasteiger partial charge in [-0.1, -0.05) is 17.4 Å². The predicted molar refractivity (Wildman–Crippen MR) is 96.4 cm³/mol. The highest BCUT2D eigenvalue weighted by molar-refractivity contribution is 6.25. The molecule has 0 spiro atoms. The number of benzene rings is 2. The van der Waals surface area contributed by atoms with Crippen molar-refractivity contribution in [3.63, 3.8) is 0 Å². The maximum atomic E-state index is 13.1. The molecule has 0 saturated carbocycles. The summed E-state index contributed by atoms with van der Waals surface area (Å²) < 4.78 is 23.5. The number of ether oxygens (including phenoxy) is 2. The molecule has 0 bridgehead atoms. The first-order valence-electron chi connectivity index (χ1n) is 8.55. The minimum atomic E-state index is -0.902. The van der Waals surface area contributed by atoms with Crippen molar-refractivity contribution in [2.24, 2.45) is 10.3 Å². The fourth-order valence-corrected chi connectivity index (χ4v) is 3.35. The van der Waals surface area contributed by atoms with Crippen LogP contribution in [-0.2, 0) is 16.1 Å². The predicted octanol–water partition coefficient (Wildman–Crippen LogP) is 2.34. The molecule has 0 unspecified atom stereocenters. The highest BCUT2D eigenvalue weighted by Gasteiger charge is 2.54. The molecule has 0 aliphatic carbocycles. The zero-order valence-corrected chi connectivity index (χ0v) is 15.2. The fourth-order valence-electron chi connectivity index (χ4n) is 3.35. The Bertz CT molecular complexity index is 963. The van der Waals surface area contributed by atoms with Gasteiger partial charge in [0, 0.05) is 6.07 Å². The third kappa shape index (κ3) is 2.84. The van der Waals surface area contributed by atoms with Crippen molar-refractivity contribution in [3.05, 3.63) is 53.8 Å². The molecule has 2 aromatic rings. The number of amides is 2. The van der Waals surface area contributed by atoms with Gasteiger partial charge in [0.2, 0.25) is 0 Å². The number of methoxy groups -OCH3 is 2. The Hall–Kier alpha value is -3.49. The van der Waals surface area contributed by atoms with E-state index in [0.717, 1.165) is 10.5 Å². The van der Waals surface area contributed by atoms with Crippen molar-refractivity contribution < 1.29 is 23.5 Å². The summed E-state index contributed by atoms with van der Waals surface area (Å²) in [6, 6.07) is 8.94. The zero-order chi connectivity index (χ0) is 19.8. The smallest absolute Gasteiger partial charge is 0.263 e. The van der Waals surface area contributed by atoms with Gasteiger partial charge >= 0.3 is 0 Å². The lowest BCUT2D eigenvalue weighted by Gasteiger charge is -2.21. The zero-order valence-electron chi connectivity index (χ0n) is 15.2. The molecule has 2 aromatic carbocycles. The van der Waals surface area contributed by atoms with E-state index in [2.05, 4.69) is 10.3 Å². The molecule has 2 aliphatic rings. The number of imide groups is 1. The molecule has 9 heteroatoms. The van der Waals surface area contributed by atoms with E-state index in [9.17, 15) is 14.0 Å². The average Bonchev–Trinajstić information content (AvgIpc) is 3.23. The van der Waals surface area contributed by atoms with Crippen molar-refractivity contribution >= 4 is 17.5 Å². The third-order valence-electron chi connectivity index (χ3n) is 4.74. The van der Waals surface area contributed by atoms with E-state index in [1.807, 2.05) is 0 Å². The third-order valence-corrected chi connectivity index (χ3v) is 4.74. The van der Waals surface area contributed by atoms with Gasteiger partial charge in [-0.2, -0.15) is 5.11 Å².